The van der Waals surface area contributed by atoms with E-state index in [1.807, 2.05) is 0 Å². The second-order valence-electron chi connectivity index (χ2n) is 5.45. The zero-order valence-electron chi connectivity index (χ0n) is 12.8. The summed E-state index contributed by atoms with van der Waals surface area (Å²) in [5, 5.41) is 0.588. The Morgan fingerprint density at radius 1 is 1.17 bits per heavy atom. The number of pyridine rings is 1. The molecular formula is C17H16ClN3O3. The van der Waals surface area contributed by atoms with E-state index in [1.54, 1.807) is 41.3 Å². The standard InChI is InChI=1S/C17H16ClN3O3/c18-13-4-1-11(2-5-13)17(23)21-7-8-24-15(10-21)14-6-3-12(9-20-14)16(19)22/h1-6,9,15H,7-8,10H2,(H2,19,22)/t15-/m0/s1. The third-order valence-electron chi connectivity index (χ3n) is 3.85. The summed E-state index contributed by atoms with van der Waals surface area (Å²) in [4.78, 5) is 29.6. The molecule has 3 rings (SSSR count). The predicted octanol–water partition coefficient (Wildman–Crippen LogP) is 2.05. The molecule has 1 saturated heterocycles. The van der Waals surface area contributed by atoms with Crippen molar-refractivity contribution >= 4 is 23.4 Å². The van der Waals surface area contributed by atoms with Crippen LogP contribution in [0.25, 0.3) is 0 Å². The highest BCUT2D eigenvalue weighted by Gasteiger charge is 2.27. The second kappa shape index (κ2) is 6.98. The fraction of sp³-hybridized carbons (Fsp3) is 0.235. The van der Waals surface area contributed by atoms with Crippen molar-refractivity contribution in [2.24, 2.45) is 5.73 Å². The molecule has 1 fully saturated rings. The van der Waals surface area contributed by atoms with Gasteiger partial charge in [0.1, 0.15) is 6.10 Å². The first-order valence-corrected chi connectivity index (χ1v) is 7.84. The first-order chi connectivity index (χ1) is 11.5. The minimum absolute atomic E-state index is 0.0753. The molecule has 1 aliphatic heterocycles. The summed E-state index contributed by atoms with van der Waals surface area (Å²) in [5.74, 6) is -0.605. The van der Waals surface area contributed by atoms with Crippen molar-refractivity contribution in [2.45, 2.75) is 6.10 Å². The highest BCUT2D eigenvalue weighted by Crippen LogP contribution is 2.22. The van der Waals surface area contributed by atoms with E-state index in [9.17, 15) is 9.59 Å². The molecule has 2 heterocycles. The predicted molar refractivity (Wildman–Crippen MR) is 88.8 cm³/mol. The molecule has 1 aromatic heterocycles. The van der Waals surface area contributed by atoms with Gasteiger partial charge in [-0.3, -0.25) is 14.6 Å². The van der Waals surface area contributed by atoms with Crippen LogP contribution in [0.5, 0.6) is 0 Å². The average Bonchev–Trinajstić information content (AvgIpc) is 2.62. The number of halogens is 1. The fourth-order valence-corrected chi connectivity index (χ4v) is 2.66. The van der Waals surface area contributed by atoms with E-state index < -0.39 is 5.91 Å². The molecule has 1 atom stereocenters. The van der Waals surface area contributed by atoms with Crippen LogP contribution in [0.2, 0.25) is 5.02 Å². The maximum Gasteiger partial charge on any atom is 0.254 e. The molecule has 6 nitrogen and oxygen atoms in total. The van der Waals surface area contributed by atoms with Crippen LogP contribution in [0, 0.1) is 0 Å². The van der Waals surface area contributed by atoms with Crippen molar-refractivity contribution in [1.29, 1.82) is 0 Å². The number of hydrogen-bond acceptors (Lipinski definition) is 4. The highest BCUT2D eigenvalue weighted by atomic mass is 35.5. The number of amides is 2. The van der Waals surface area contributed by atoms with Crippen molar-refractivity contribution in [2.75, 3.05) is 19.7 Å². The van der Waals surface area contributed by atoms with Gasteiger partial charge in [0.2, 0.25) is 5.91 Å². The van der Waals surface area contributed by atoms with Crippen LogP contribution in [0.1, 0.15) is 32.5 Å². The minimum Gasteiger partial charge on any atom is -0.368 e. The molecule has 7 heteroatoms. The number of rotatable bonds is 3. The Kier molecular flexibility index (Phi) is 4.78. The van der Waals surface area contributed by atoms with E-state index in [2.05, 4.69) is 4.98 Å². The Bertz CT molecular complexity index is 747. The number of nitrogens with zero attached hydrogens (tertiary/aromatic N) is 2. The molecule has 2 N–H and O–H groups in total. The lowest BCUT2D eigenvalue weighted by molar-refractivity contribution is -0.0247. The van der Waals surface area contributed by atoms with Gasteiger partial charge in [0.15, 0.2) is 0 Å². The Morgan fingerprint density at radius 2 is 1.88 bits per heavy atom. The smallest absolute Gasteiger partial charge is 0.254 e. The zero-order valence-corrected chi connectivity index (χ0v) is 13.6. The van der Waals surface area contributed by atoms with Crippen LogP contribution in [-0.4, -0.2) is 41.4 Å². The maximum atomic E-state index is 12.6. The molecule has 0 spiro atoms. The SMILES string of the molecule is NC(=O)c1ccc([C@@H]2CN(C(=O)c3ccc(Cl)cc3)CCO2)nc1. The number of aromatic nitrogens is 1. The summed E-state index contributed by atoms with van der Waals surface area (Å²) in [6.07, 6.45) is 1.08. The second-order valence-corrected chi connectivity index (χ2v) is 5.89. The number of hydrogen-bond donors (Lipinski definition) is 1. The maximum absolute atomic E-state index is 12.6. The lowest BCUT2D eigenvalue weighted by Gasteiger charge is -2.32. The van der Waals surface area contributed by atoms with E-state index in [0.717, 1.165) is 0 Å². The summed E-state index contributed by atoms with van der Waals surface area (Å²) >= 11 is 5.85. The summed E-state index contributed by atoms with van der Waals surface area (Å²) < 4.78 is 5.71. The third-order valence-corrected chi connectivity index (χ3v) is 4.10. The molecule has 1 aliphatic rings. The Labute approximate surface area is 144 Å². The lowest BCUT2D eigenvalue weighted by atomic mass is 10.1. The third kappa shape index (κ3) is 3.55. The van der Waals surface area contributed by atoms with Gasteiger partial charge < -0.3 is 15.4 Å². The van der Waals surface area contributed by atoms with Crippen molar-refractivity contribution < 1.29 is 14.3 Å². The number of carbonyl (C=O) groups is 2. The lowest BCUT2D eigenvalue weighted by Crippen LogP contribution is -2.42. The average molecular weight is 346 g/mol. The van der Waals surface area contributed by atoms with Crippen molar-refractivity contribution in [3.63, 3.8) is 0 Å². The van der Waals surface area contributed by atoms with Gasteiger partial charge in [0, 0.05) is 23.3 Å². The van der Waals surface area contributed by atoms with Gasteiger partial charge in [-0.25, -0.2) is 0 Å². The Balaban J connectivity index is 1.72. The van der Waals surface area contributed by atoms with Crippen molar-refractivity contribution in [3.05, 3.63) is 64.4 Å². The normalized spacial score (nSPS) is 17.5. The van der Waals surface area contributed by atoms with Crippen LogP contribution in [0.3, 0.4) is 0 Å². The molecule has 0 saturated carbocycles. The first kappa shape index (κ1) is 16.4. The number of ether oxygens (including phenoxy) is 1. The number of nitrogens with two attached hydrogens (primary N) is 1. The van der Waals surface area contributed by atoms with E-state index in [-0.39, 0.29) is 12.0 Å². The van der Waals surface area contributed by atoms with Crippen LogP contribution in [-0.2, 0) is 4.74 Å². The van der Waals surface area contributed by atoms with Crippen LogP contribution >= 0.6 is 11.6 Å². The van der Waals surface area contributed by atoms with Crippen LogP contribution in [0.15, 0.2) is 42.6 Å². The van der Waals surface area contributed by atoms with E-state index in [4.69, 9.17) is 22.1 Å². The van der Waals surface area contributed by atoms with Crippen molar-refractivity contribution in [1.82, 2.24) is 9.88 Å². The molecule has 0 bridgehead atoms. The Morgan fingerprint density at radius 3 is 2.50 bits per heavy atom. The van der Waals surface area contributed by atoms with Gasteiger partial charge in [-0.15, -0.1) is 0 Å². The monoisotopic (exact) mass is 345 g/mol. The summed E-state index contributed by atoms with van der Waals surface area (Å²) in [7, 11) is 0. The van der Waals surface area contributed by atoms with Crippen molar-refractivity contribution in [3.8, 4) is 0 Å². The summed E-state index contributed by atoms with van der Waals surface area (Å²) in [5.41, 5.74) is 6.78. The van der Waals surface area contributed by atoms with Gasteiger partial charge in [-0.2, -0.15) is 0 Å². The number of primary amides is 1. The summed E-state index contributed by atoms with van der Waals surface area (Å²) in [6.45, 7) is 1.32. The van der Waals surface area contributed by atoms with Crippen LogP contribution in [0.4, 0.5) is 0 Å². The molecule has 1 aromatic carbocycles. The minimum atomic E-state index is -0.529. The Hall–Kier alpha value is -2.44. The molecule has 24 heavy (non-hydrogen) atoms. The molecular weight excluding hydrogens is 330 g/mol. The van der Waals surface area contributed by atoms with Gasteiger partial charge in [0.25, 0.3) is 5.91 Å². The molecule has 2 aromatic rings. The zero-order chi connectivity index (χ0) is 17.1. The first-order valence-electron chi connectivity index (χ1n) is 7.47. The quantitative estimate of drug-likeness (QED) is 0.922. The van der Waals surface area contributed by atoms with E-state index in [0.29, 0.717) is 41.5 Å². The highest BCUT2D eigenvalue weighted by molar-refractivity contribution is 6.30. The largest absolute Gasteiger partial charge is 0.368 e. The van der Waals surface area contributed by atoms with Gasteiger partial charge >= 0.3 is 0 Å². The number of morpholine rings is 1. The number of benzene rings is 1. The van der Waals surface area contributed by atoms with Gasteiger partial charge in [-0.05, 0) is 36.4 Å². The van der Waals surface area contributed by atoms with Gasteiger partial charge in [0.05, 0.1) is 24.4 Å². The molecule has 0 unspecified atom stereocenters. The van der Waals surface area contributed by atoms with E-state index in [1.165, 1.54) is 6.20 Å². The fourth-order valence-electron chi connectivity index (χ4n) is 2.53. The molecule has 0 radical (unpaired) electrons. The van der Waals surface area contributed by atoms with Crippen LogP contribution < -0.4 is 5.73 Å². The van der Waals surface area contributed by atoms with Gasteiger partial charge in [-0.1, -0.05) is 11.6 Å². The molecule has 0 aliphatic carbocycles. The molecule has 2 amide bonds. The topological polar surface area (TPSA) is 85.5 Å². The van der Waals surface area contributed by atoms with E-state index >= 15 is 0 Å². The molecule has 124 valence electrons. The number of carbonyl (C=O) groups excluding carboxylic acids is 2. The summed E-state index contributed by atoms with van der Waals surface area (Å²) in [6, 6.07) is 10.1.